The highest BCUT2D eigenvalue weighted by atomic mass is 79.9. The second-order valence-electron chi connectivity index (χ2n) is 7.71. The Kier molecular flexibility index (Phi) is 7.23. The molecule has 6 nitrogen and oxygen atoms in total. The number of aliphatic carboxylic acids is 1. The number of halogens is 4. The topological polar surface area (TPSA) is 73.6 Å². The summed E-state index contributed by atoms with van der Waals surface area (Å²) in [5, 5.41) is 13.4. The van der Waals surface area contributed by atoms with E-state index in [1.165, 1.54) is 17.9 Å². The van der Waals surface area contributed by atoms with E-state index in [9.17, 15) is 23.1 Å². The fraction of sp³-hybridized carbons (Fsp3) is 0.400. The molecule has 1 aromatic carbocycles. The van der Waals surface area contributed by atoms with Crippen LogP contribution in [0.15, 0.2) is 35.1 Å². The maximum absolute atomic E-state index is 13.6. The molecular formula is C20H22BrF3N2O4. The first kappa shape index (κ1) is 23.8. The normalized spacial score (nSPS) is 12.7. The third kappa shape index (κ3) is 5.78. The highest BCUT2D eigenvalue weighted by Crippen LogP contribution is 2.42. The molecule has 0 aliphatic carbocycles. The molecule has 2 aromatic rings. The quantitative estimate of drug-likeness (QED) is 0.417. The number of hydrogen-bond donors (Lipinski definition) is 1. The lowest BCUT2D eigenvalue weighted by Crippen LogP contribution is -2.17. The summed E-state index contributed by atoms with van der Waals surface area (Å²) in [7, 11) is 1.30. The zero-order chi connectivity index (χ0) is 22.7. The van der Waals surface area contributed by atoms with E-state index in [0.29, 0.717) is 5.56 Å². The summed E-state index contributed by atoms with van der Waals surface area (Å²) >= 11 is 2.99. The summed E-state index contributed by atoms with van der Waals surface area (Å²) in [6, 6.07) is 6.33. The van der Waals surface area contributed by atoms with Crippen molar-refractivity contribution in [3.63, 3.8) is 0 Å². The fourth-order valence-electron chi connectivity index (χ4n) is 2.72. The summed E-state index contributed by atoms with van der Waals surface area (Å²) in [5.41, 5.74) is -0.837. The number of carboxylic acids is 1. The predicted molar refractivity (Wildman–Crippen MR) is 108 cm³/mol. The summed E-state index contributed by atoms with van der Waals surface area (Å²) in [5.74, 6) is -1.82. The molecule has 0 fully saturated rings. The molecular weight excluding hydrogens is 469 g/mol. The zero-order valence-electron chi connectivity index (χ0n) is 16.9. The lowest BCUT2D eigenvalue weighted by molar-refractivity contribution is -0.139. The van der Waals surface area contributed by atoms with Gasteiger partial charge >= 0.3 is 12.1 Å². The molecule has 1 aromatic heterocycles. The van der Waals surface area contributed by atoms with Crippen molar-refractivity contribution in [2.75, 3.05) is 7.11 Å². The van der Waals surface area contributed by atoms with Crippen molar-refractivity contribution in [1.82, 2.24) is 9.78 Å². The highest BCUT2D eigenvalue weighted by molar-refractivity contribution is 9.10. The van der Waals surface area contributed by atoms with Crippen LogP contribution in [0.2, 0.25) is 0 Å². The van der Waals surface area contributed by atoms with Crippen LogP contribution in [0.4, 0.5) is 13.2 Å². The van der Waals surface area contributed by atoms with E-state index < -0.39 is 23.6 Å². The van der Waals surface area contributed by atoms with E-state index in [0.717, 1.165) is 6.26 Å². The Morgan fingerprint density at radius 3 is 2.43 bits per heavy atom. The molecule has 1 heterocycles. The Bertz CT molecular complexity index is 947. The maximum atomic E-state index is 13.6. The number of carboxylic acid groups (broad SMARTS) is 1. The molecule has 0 saturated carbocycles. The first-order chi connectivity index (χ1) is 13.8. The van der Waals surface area contributed by atoms with Crippen molar-refractivity contribution in [3.8, 4) is 5.88 Å². The van der Waals surface area contributed by atoms with Crippen molar-refractivity contribution in [1.29, 1.82) is 0 Å². The van der Waals surface area contributed by atoms with Crippen LogP contribution < -0.4 is 4.74 Å². The van der Waals surface area contributed by atoms with Crippen LogP contribution in [-0.4, -0.2) is 28.0 Å². The minimum Gasteiger partial charge on any atom is -0.503 e. The van der Waals surface area contributed by atoms with Crippen LogP contribution in [-0.2, 0) is 28.9 Å². The Hall–Kier alpha value is -2.49. The van der Waals surface area contributed by atoms with Gasteiger partial charge in [-0.3, -0.25) is 4.68 Å². The summed E-state index contributed by atoms with van der Waals surface area (Å²) in [6.45, 7) is 5.55. The number of alkyl halides is 3. The smallest absolute Gasteiger partial charge is 0.424 e. The number of nitrogens with zero attached hydrogens (tertiary/aromatic N) is 2. The summed E-state index contributed by atoms with van der Waals surface area (Å²) in [4.78, 5) is 11.5. The molecule has 0 amide bonds. The molecule has 0 aliphatic heterocycles. The molecule has 0 unspecified atom stereocenters. The molecule has 30 heavy (non-hydrogen) atoms. The zero-order valence-corrected chi connectivity index (χ0v) is 18.5. The molecule has 10 heteroatoms. The number of benzene rings is 1. The van der Waals surface area contributed by atoms with Crippen LogP contribution in [0.3, 0.4) is 0 Å². The Labute approximate surface area is 180 Å². The van der Waals surface area contributed by atoms with E-state index in [1.54, 1.807) is 18.2 Å². The Balaban J connectivity index is 2.42. The van der Waals surface area contributed by atoms with E-state index >= 15 is 0 Å². The molecule has 0 atom stereocenters. The molecule has 2 rings (SSSR count). The van der Waals surface area contributed by atoms with Gasteiger partial charge in [0, 0.05) is 6.54 Å². The second-order valence-corrected chi connectivity index (χ2v) is 8.46. The third-order valence-corrected chi connectivity index (χ3v) is 4.71. The average molecular weight is 491 g/mol. The largest absolute Gasteiger partial charge is 0.503 e. The maximum Gasteiger partial charge on any atom is 0.424 e. The Morgan fingerprint density at radius 1 is 1.27 bits per heavy atom. The van der Waals surface area contributed by atoms with Crippen LogP contribution in [0.1, 0.15) is 37.5 Å². The number of aromatic nitrogens is 2. The van der Waals surface area contributed by atoms with E-state index in [4.69, 9.17) is 9.47 Å². The van der Waals surface area contributed by atoms with Gasteiger partial charge in [-0.25, -0.2) is 4.79 Å². The van der Waals surface area contributed by atoms with E-state index in [-0.39, 0.29) is 34.3 Å². The van der Waals surface area contributed by atoms with Gasteiger partial charge < -0.3 is 14.6 Å². The number of ether oxygens (including phenoxy) is 2. The number of carbonyl (C=O) groups is 1. The molecule has 0 saturated heterocycles. The first-order valence-electron chi connectivity index (χ1n) is 8.86. The number of hydrogen-bond acceptors (Lipinski definition) is 4. The lowest BCUT2D eigenvalue weighted by Gasteiger charge is -2.18. The summed E-state index contributed by atoms with van der Waals surface area (Å²) in [6.07, 6.45) is -3.64. The van der Waals surface area contributed by atoms with Crippen molar-refractivity contribution < 1.29 is 32.5 Å². The Morgan fingerprint density at radius 2 is 1.90 bits per heavy atom. The van der Waals surface area contributed by atoms with Gasteiger partial charge in [-0.05, 0) is 32.5 Å². The first-order valence-corrected chi connectivity index (χ1v) is 9.65. The minimum atomic E-state index is -4.69. The number of methoxy groups -OCH3 is 1. The SMILES string of the molecule is CO/C=C(/C(=O)O)c1ccccc1COc1nn(CC(C)(C)C)c(Br)c1C(F)(F)F. The standard InChI is InChI=1S/C20H22BrF3N2O4/c1-19(2,3)11-26-16(21)15(20(22,23)24)17(25-26)30-9-12-7-5-6-8-13(12)14(10-29-4)18(27)28/h5-8,10H,9,11H2,1-4H3,(H,27,28)/b14-10+. The van der Waals surface area contributed by atoms with Crippen LogP contribution in [0.5, 0.6) is 5.88 Å². The van der Waals surface area contributed by atoms with Crippen molar-refractivity contribution in [3.05, 3.63) is 51.8 Å². The van der Waals surface area contributed by atoms with Gasteiger partial charge in [0.2, 0.25) is 5.88 Å². The number of rotatable bonds is 7. The third-order valence-electron chi connectivity index (χ3n) is 3.90. The van der Waals surface area contributed by atoms with Crippen LogP contribution in [0, 0.1) is 5.41 Å². The van der Waals surface area contributed by atoms with Crippen LogP contribution >= 0.6 is 15.9 Å². The van der Waals surface area contributed by atoms with Crippen molar-refractivity contribution >= 4 is 27.5 Å². The van der Waals surface area contributed by atoms with E-state index in [1.807, 2.05) is 20.8 Å². The van der Waals surface area contributed by atoms with Gasteiger partial charge in [0.1, 0.15) is 16.8 Å². The monoisotopic (exact) mass is 490 g/mol. The van der Waals surface area contributed by atoms with Gasteiger partial charge in [0.15, 0.2) is 5.56 Å². The van der Waals surface area contributed by atoms with E-state index in [2.05, 4.69) is 21.0 Å². The van der Waals surface area contributed by atoms with Gasteiger partial charge in [-0.15, -0.1) is 5.10 Å². The van der Waals surface area contributed by atoms with Gasteiger partial charge in [0.05, 0.1) is 13.4 Å². The predicted octanol–water partition coefficient (Wildman–Crippen LogP) is 5.36. The van der Waals surface area contributed by atoms with Crippen molar-refractivity contribution in [2.24, 2.45) is 5.41 Å². The molecule has 1 N–H and O–H groups in total. The van der Waals surface area contributed by atoms with Crippen LogP contribution in [0.25, 0.3) is 5.57 Å². The lowest BCUT2D eigenvalue weighted by atomic mass is 9.97. The summed E-state index contributed by atoms with van der Waals surface area (Å²) < 4.78 is 52.1. The molecule has 0 spiro atoms. The fourth-order valence-corrected chi connectivity index (χ4v) is 3.32. The van der Waals surface area contributed by atoms with Gasteiger partial charge in [-0.2, -0.15) is 13.2 Å². The second kappa shape index (κ2) is 9.11. The highest BCUT2D eigenvalue weighted by Gasteiger charge is 2.41. The molecule has 0 bridgehead atoms. The average Bonchev–Trinajstić information content (AvgIpc) is 2.92. The molecule has 0 radical (unpaired) electrons. The van der Waals surface area contributed by atoms with Gasteiger partial charge in [-0.1, -0.05) is 45.0 Å². The van der Waals surface area contributed by atoms with Gasteiger partial charge in [0.25, 0.3) is 0 Å². The van der Waals surface area contributed by atoms with Crippen molar-refractivity contribution in [2.45, 2.75) is 40.1 Å². The minimum absolute atomic E-state index is 0.146. The molecule has 164 valence electrons. The molecule has 0 aliphatic rings.